The molecule has 0 atom stereocenters. The van der Waals surface area contributed by atoms with Crippen molar-refractivity contribution in [2.75, 3.05) is 6.54 Å². The summed E-state index contributed by atoms with van der Waals surface area (Å²) in [6, 6.07) is 15.5. The Labute approximate surface area is 147 Å². The Bertz CT molecular complexity index is 969. The molecule has 0 fully saturated rings. The third-order valence-electron chi connectivity index (χ3n) is 4.69. The molecule has 0 unspecified atom stereocenters. The van der Waals surface area contributed by atoms with Crippen molar-refractivity contribution < 1.29 is 0 Å². The van der Waals surface area contributed by atoms with Crippen LogP contribution in [0.15, 0.2) is 54.9 Å². The maximum absolute atomic E-state index is 3.98. The van der Waals surface area contributed by atoms with Crippen molar-refractivity contribution >= 4 is 21.8 Å². The van der Waals surface area contributed by atoms with E-state index in [2.05, 4.69) is 69.6 Å². The molecule has 2 heterocycles. The smallest absolute Gasteiger partial charge is 0.0692 e. The standard InChI is InChI=1S/C20H23N5/c1-2-25-19-7-4-3-6-17(19)18-14-16(8-9-20(18)25)15-21-10-5-12-24-13-11-22-23-24/h3-4,6-9,11,13-14,21H,2,5,10,12,15H2,1H3. The molecule has 0 saturated carbocycles. The Balaban J connectivity index is 1.46. The Hall–Kier alpha value is -2.66. The first-order valence-corrected chi connectivity index (χ1v) is 8.91. The predicted molar refractivity (Wildman–Crippen MR) is 101 cm³/mol. The minimum atomic E-state index is 0.888. The van der Waals surface area contributed by atoms with Crippen LogP contribution in [0.3, 0.4) is 0 Å². The molecule has 2 aromatic carbocycles. The number of para-hydroxylation sites is 1. The molecular formula is C20H23N5. The molecule has 0 aliphatic rings. The molecule has 25 heavy (non-hydrogen) atoms. The lowest BCUT2D eigenvalue weighted by molar-refractivity contribution is 0.530. The van der Waals surface area contributed by atoms with Crippen LogP contribution in [-0.4, -0.2) is 26.1 Å². The zero-order chi connectivity index (χ0) is 17.1. The van der Waals surface area contributed by atoms with Crippen LogP contribution < -0.4 is 5.32 Å². The van der Waals surface area contributed by atoms with Gasteiger partial charge < -0.3 is 9.88 Å². The van der Waals surface area contributed by atoms with Crippen LogP contribution in [0, 0.1) is 0 Å². The van der Waals surface area contributed by atoms with Gasteiger partial charge in [-0.1, -0.05) is 29.5 Å². The van der Waals surface area contributed by atoms with Crippen LogP contribution in [0.25, 0.3) is 21.8 Å². The molecule has 1 N–H and O–H groups in total. The van der Waals surface area contributed by atoms with E-state index in [1.54, 1.807) is 6.20 Å². The van der Waals surface area contributed by atoms with Crippen molar-refractivity contribution in [2.45, 2.75) is 33.0 Å². The van der Waals surface area contributed by atoms with Crippen molar-refractivity contribution in [3.05, 3.63) is 60.4 Å². The summed E-state index contributed by atoms with van der Waals surface area (Å²) in [6.45, 7) is 5.95. The summed E-state index contributed by atoms with van der Waals surface area (Å²) in [7, 11) is 0. The van der Waals surface area contributed by atoms with Crippen LogP contribution in [0.4, 0.5) is 0 Å². The fourth-order valence-corrected chi connectivity index (χ4v) is 3.50. The Kier molecular flexibility index (Phi) is 4.48. The van der Waals surface area contributed by atoms with Crippen molar-refractivity contribution in [1.82, 2.24) is 24.9 Å². The third-order valence-corrected chi connectivity index (χ3v) is 4.69. The van der Waals surface area contributed by atoms with E-state index in [9.17, 15) is 0 Å². The van der Waals surface area contributed by atoms with E-state index in [1.165, 1.54) is 27.4 Å². The quantitative estimate of drug-likeness (QED) is 0.526. The Morgan fingerprint density at radius 3 is 2.76 bits per heavy atom. The fourth-order valence-electron chi connectivity index (χ4n) is 3.50. The summed E-state index contributed by atoms with van der Waals surface area (Å²) in [5.41, 5.74) is 3.96. The highest BCUT2D eigenvalue weighted by Gasteiger charge is 2.09. The molecule has 4 aromatic rings. The molecule has 0 bridgehead atoms. The van der Waals surface area contributed by atoms with Gasteiger partial charge >= 0.3 is 0 Å². The number of nitrogens with one attached hydrogen (secondary N) is 1. The summed E-state index contributed by atoms with van der Waals surface area (Å²) >= 11 is 0. The van der Waals surface area contributed by atoms with Crippen LogP contribution in [0.1, 0.15) is 18.9 Å². The van der Waals surface area contributed by atoms with E-state index >= 15 is 0 Å². The van der Waals surface area contributed by atoms with E-state index in [0.717, 1.165) is 32.6 Å². The second kappa shape index (κ2) is 7.07. The molecule has 128 valence electrons. The average molecular weight is 333 g/mol. The van der Waals surface area contributed by atoms with Crippen LogP contribution in [0.2, 0.25) is 0 Å². The van der Waals surface area contributed by atoms with Gasteiger partial charge in [-0.2, -0.15) is 0 Å². The summed E-state index contributed by atoms with van der Waals surface area (Å²) in [6.07, 6.45) is 4.66. The van der Waals surface area contributed by atoms with E-state index in [1.807, 2.05) is 10.9 Å². The van der Waals surface area contributed by atoms with E-state index in [-0.39, 0.29) is 0 Å². The lowest BCUT2D eigenvalue weighted by Gasteiger charge is -2.06. The van der Waals surface area contributed by atoms with Crippen LogP contribution in [-0.2, 0) is 19.6 Å². The van der Waals surface area contributed by atoms with Gasteiger partial charge in [0, 0.05) is 47.6 Å². The highest BCUT2D eigenvalue weighted by Crippen LogP contribution is 2.29. The minimum absolute atomic E-state index is 0.888. The van der Waals surface area contributed by atoms with Gasteiger partial charge in [0.05, 0.1) is 6.20 Å². The number of aromatic nitrogens is 4. The number of hydrogen-bond acceptors (Lipinski definition) is 3. The van der Waals surface area contributed by atoms with Gasteiger partial charge in [-0.15, -0.1) is 5.10 Å². The number of rotatable bonds is 7. The topological polar surface area (TPSA) is 47.7 Å². The highest BCUT2D eigenvalue weighted by atomic mass is 15.4. The largest absolute Gasteiger partial charge is 0.341 e. The maximum atomic E-state index is 3.98. The molecule has 0 aliphatic carbocycles. The molecular weight excluding hydrogens is 310 g/mol. The van der Waals surface area contributed by atoms with Gasteiger partial charge in [0.25, 0.3) is 0 Å². The second-order valence-electron chi connectivity index (χ2n) is 6.31. The van der Waals surface area contributed by atoms with Crippen molar-refractivity contribution in [1.29, 1.82) is 0 Å². The van der Waals surface area contributed by atoms with E-state index < -0.39 is 0 Å². The monoisotopic (exact) mass is 333 g/mol. The van der Waals surface area contributed by atoms with Gasteiger partial charge in [0.15, 0.2) is 0 Å². The lowest BCUT2D eigenvalue weighted by Crippen LogP contribution is -2.16. The van der Waals surface area contributed by atoms with Gasteiger partial charge in [-0.25, -0.2) is 0 Å². The molecule has 4 rings (SSSR count). The molecule has 0 radical (unpaired) electrons. The first kappa shape index (κ1) is 15.8. The number of aryl methyl sites for hydroxylation is 2. The molecule has 0 spiro atoms. The lowest BCUT2D eigenvalue weighted by atomic mass is 10.1. The Morgan fingerprint density at radius 2 is 1.92 bits per heavy atom. The summed E-state index contributed by atoms with van der Waals surface area (Å²) in [5.74, 6) is 0. The first-order chi connectivity index (χ1) is 12.4. The molecule has 0 amide bonds. The van der Waals surface area contributed by atoms with Crippen molar-refractivity contribution in [3.8, 4) is 0 Å². The number of nitrogens with zero attached hydrogens (tertiary/aromatic N) is 4. The van der Waals surface area contributed by atoms with Gasteiger partial charge in [0.1, 0.15) is 0 Å². The Morgan fingerprint density at radius 1 is 1.04 bits per heavy atom. The van der Waals surface area contributed by atoms with Gasteiger partial charge in [-0.05, 0) is 43.7 Å². The minimum Gasteiger partial charge on any atom is -0.341 e. The number of fused-ring (bicyclic) bond motifs is 3. The summed E-state index contributed by atoms with van der Waals surface area (Å²) < 4.78 is 4.26. The number of benzene rings is 2. The highest BCUT2D eigenvalue weighted by molar-refractivity contribution is 6.08. The summed E-state index contributed by atoms with van der Waals surface area (Å²) in [5, 5.41) is 14.0. The van der Waals surface area contributed by atoms with Crippen molar-refractivity contribution in [3.63, 3.8) is 0 Å². The van der Waals surface area contributed by atoms with E-state index in [4.69, 9.17) is 0 Å². The van der Waals surface area contributed by atoms with Crippen LogP contribution >= 0.6 is 0 Å². The number of hydrogen-bond donors (Lipinski definition) is 1. The summed E-state index contributed by atoms with van der Waals surface area (Å²) in [4.78, 5) is 0. The predicted octanol–water partition coefficient (Wildman–Crippen LogP) is 3.59. The van der Waals surface area contributed by atoms with Gasteiger partial charge in [0.2, 0.25) is 0 Å². The fraction of sp³-hybridized carbons (Fsp3) is 0.300. The van der Waals surface area contributed by atoms with Crippen LogP contribution in [0.5, 0.6) is 0 Å². The zero-order valence-electron chi connectivity index (χ0n) is 14.5. The molecule has 0 aliphatic heterocycles. The molecule has 2 aromatic heterocycles. The van der Waals surface area contributed by atoms with E-state index in [0.29, 0.717) is 0 Å². The van der Waals surface area contributed by atoms with Crippen molar-refractivity contribution in [2.24, 2.45) is 0 Å². The molecule has 5 heteroatoms. The normalized spacial score (nSPS) is 11.6. The average Bonchev–Trinajstić information content (AvgIpc) is 3.27. The maximum Gasteiger partial charge on any atom is 0.0692 e. The van der Waals surface area contributed by atoms with Gasteiger partial charge in [-0.3, -0.25) is 4.68 Å². The first-order valence-electron chi connectivity index (χ1n) is 8.91. The molecule has 0 saturated heterocycles. The molecule has 5 nitrogen and oxygen atoms in total. The zero-order valence-corrected chi connectivity index (χ0v) is 14.5. The third kappa shape index (κ3) is 3.15. The second-order valence-corrected chi connectivity index (χ2v) is 6.31. The SMILES string of the molecule is CCn1c2ccccc2c2cc(CNCCCn3ccnn3)ccc21.